The lowest BCUT2D eigenvalue weighted by molar-refractivity contribution is -0.0109. The predicted octanol–water partition coefficient (Wildman–Crippen LogP) is 3.89. The van der Waals surface area contributed by atoms with Gasteiger partial charge in [0, 0.05) is 31.3 Å². The number of aryl methyl sites for hydroxylation is 1. The van der Waals surface area contributed by atoms with Gasteiger partial charge in [0.05, 0.1) is 17.8 Å². The third-order valence-electron chi connectivity index (χ3n) is 7.66. The zero-order valence-corrected chi connectivity index (χ0v) is 19.9. The zero-order valence-electron chi connectivity index (χ0n) is 19.9. The number of fused-ring (bicyclic) bond motifs is 2. The summed E-state index contributed by atoms with van der Waals surface area (Å²) in [6.45, 7) is 2.05. The molecule has 1 N–H and O–H groups in total. The molecule has 184 valence electrons. The fourth-order valence-electron chi connectivity index (χ4n) is 5.70. The van der Waals surface area contributed by atoms with E-state index in [1.807, 2.05) is 11.9 Å². The summed E-state index contributed by atoms with van der Waals surface area (Å²) < 4.78 is 30.8. The molecule has 2 aliphatic carbocycles. The van der Waals surface area contributed by atoms with Gasteiger partial charge in [-0.2, -0.15) is 4.98 Å². The lowest BCUT2D eigenvalue weighted by atomic mass is 9.60. The monoisotopic (exact) mass is 482 g/mol. The van der Waals surface area contributed by atoms with Crippen LogP contribution in [0.1, 0.15) is 39.0 Å². The molecule has 0 saturated heterocycles. The number of aromatic hydroxyl groups is 1. The maximum atomic E-state index is 15.5. The normalized spacial score (nSPS) is 25.9. The molecule has 3 aromatic rings. The first-order chi connectivity index (χ1) is 16.7. The van der Waals surface area contributed by atoms with E-state index in [1.165, 1.54) is 31.4 Å². The van der Waals surface area contributed by atoms with Gasteiger partial charge in [0.25, 0.3) is 0 Å². The standard InChI is InChI=1S/C25H28F2N6O2/c1-25-8-4-5-14(11-25)9-18(22(25)27)33(3)20-12-28-23(31-30-20)16-7-6-15(10-19(16)34)21-17(26)13-32(2)24(35)29-21/h6-7,10,12-14,18,22,34H,4-5,8-9,11H2,1-3H3/t14-,18-,22-,25-/m1/s1. The molecule has 0 aliphatic heterocycles. The van der Waals surface area contributed by atoms with Gasteiger partial charge in [-0.25, -0.2) is 18.6 Å². The van der Waals surface area contributed by atoms with Crippen LogP contribution in [0.5, 0.6) is 5.75 Å². The summed E-state index contributed by atoms with van der Waals surface area (Å²) >= 11 is 0. The Morgan fingerprint density at radius 2 is 2.09 bits per heavy atom. The Labute approximate surface area is 201 Å². The molecule has 2 aliphatic rings. The van der Waals surface area contributed by atoms with Crippen LogP contribution < -0.4 is 10.6 Å². The number of phenolic OH excluding ortho intramolecular Hbond substituents is 1. The summed E-state index contributed by atoms with van der Waals surface area (Å²) in [5.41, 5.74) is -0.522. The summed E-state index contributed by atoms with van der Waals surface area (Å²) in [6, 6.07) is 4.07. The molecule has 4 atom stereocenters. The Kier molecular flexibility index (Phi) is 5.77. The van der Waals surface area contributed by atoms with Crippen molar-refractivity contribution in [3.05, 3.63) is 46.9 Å². The molecular weight excluding hydrogens is 454 g/mol. The van der Waals surface area contributed by atoms with Gasteiger partial charge in [0.1, 0.15) is 17.6 Å². The first kappa shape index (κ1) is 23.3. The number of phenols is 1. The maximum absolute atomic E-state index is 15.5. The summed E-state index contributed by atoms with van der Waals surface area (Å²) in [6.07, 6.45) is 6.47. The van der Waals surface area contributed by atoms with Gasteiger partial charge >= 0.3 is 5.69 Å². The maximum Gasteiger partial charge on any atom is 0.348 e. The molecule has 2 bridgehead atoms. The highest BCUT2D eigenvalue weighted by molar-refractivity contribution is 5.71. The van der Waals surface area contributed by atoms with Crippen LogP contribution >= 0.6 is 0 Å². The van der Waals surface area contributed by atoms with Crippen LogP contribution in [-0.4, -0.2) is 49.1 Å². The highest BCUT2D eigenvalue weighted by Crippen LogP contribution is 2.51. The van der Waals surface area contributed by atoms with E-state index < -0.39 is 17.7 Å². The molecular formula is C25H28F2N6O2. The predicted molar refractivity (Wildman–Crippen MR) is 127 cm³/mol. The van der Waals surface area contributed by atoms with Crippen molar-refractivity contribution in [2.24, 2.45) is 18.4 Å². The minimum atomic E-state index is -0.953. The lowest BCUT2D eigenvalue weighted by Crippen LogP contribution is -2.54. The fourth-order valence-corrected chi connectivity index (χ4v) is 5.70. The number of halogens is 2. The Morgan fingerprint density at radius 3 is 2.80 bits per heavy atom. The summed E-state index contributed by atoms with van der Waals surface area (Å²) in [5.74, 6) is 0.272. The van der Waals surface area contributed by atoms with E-state index >= 15 is 4.39 Å². The molecule has 2 saturated carbocycles. The fraction of sp³-hybridized carbons (Fsp3) is 0.480. The Morgan fingerprint density at radius 1 is 1.29 bits per heavy atom. The van der Waals surface area contributed by atoms with Crippen molar-refractivity contribution in [1.82, 2.24) is 24.7 Å². The molecule has 0 spiro atoms. The number of hydrogen-bond donors (Lipinski definition) is 1. The van der Waals surface area contributed by atoms with Crippen LogP contribution in [-0.2, 0) is 7.05 Å². The number of alkyl halides is 1. The second-order valence-corrected chi connectivity index (χ2v) is 10.1. The molecule has 10 heteroatoms. The number of rotatable bonds is 4. The van der Waals surface area contributed by atoms with E-state index in [4.69, 9.17) is 0 Å². The van der Waals surface area contributed by atoms with Gasteiger partial charge in [-0.05, 0) is 37.3 Å². The molecule has 0 unspecified atom stereocenters. The highest BCUT2D eigenvalue weighted by atomic mass is 19.1. The van der Waals surface area contributed by atoms with Gasteiger partial charge in [0.2, 0.25) is 0 Å². The summed E-state index contributed by atoms with van der Waals surface area (Å²) in [5, 5.41) is 19.0. The van der Waals surface area contributed by atoms with E-state index in [9.17, 15) is 14.3 Å². The molecule has 5 rings (SSSR count). The van der Waals surface area contributed by atoms with Crippen molar-refractivity contribution in [2.45, 2.75) is 51.2 Å². The van der Waals surface area contributed by atoms with E-state index in [2.05, 4.69) is 27.1 Å². The Balaban J connectivity index is 1.38. The number of nitrogens with zero attached hydrogens (tertiary/aromatic N) is 6. The third-order valence-corrected chi connectivity index (χ3v) is 7.66. The topological polar surface area (TPSA) is 97.0 Å². The number of aromatic nitrogens is 5. The van der Waals surface area contributed by atoms with Crippen molar-refractivity contribution >= 4 is 5.82 Å². The second kappa shape index (κ2) is 8.66. The summed E-state index contributed by atoms with van der Waals surface area (Å²) in [7, 11) is 3.23. The largest absolute Gasteiger partial charge is 0.507 e. The molecule has 2 aromatic heterocycles. The van der Waals surface area contributed by atoms with Crippen molar-refractivity contribution in [2.75, 3.05) is 11.9 Å². The van der Waals surface area contributed by atoms with E-state index in [0.717, 1.165) is 42.9 Å². The Bertz CT molecular complexity index is 1310. The van der Waals surface area contributed by atoms with E-state index in [0.29, 0.717) is 17.3 Å². The van der Waals surface area contributed by atoms with Gasteiger partial charge in [-0.15, -0.1) is 10.2 Å². The first-order valence-corrected chi connectivity index (χ1v) is 11.8. The van der Waals surface area contributed by atoms with Crippen LogP contribution in [0.3, 0.4) is 0 Å². The lowest BCUT2D eigenvalue weighted by Gasteiger charge is -2.51. The second-order valence-electron chi connectivity index (χ2n) is 10.1. The average Bonchev–Trinajstić information content (AvgIpc) is 2.83. The van der Waals surface area contributed by atoms with Crippen LogP contribution in [0.15, 0.2) is 35.4 Å². The van der Waals surface area contributed by atoms with Gasteiger partial charge in [0.15, 0.2) is 17.5 Å². The average molecular weight is 483 g/mol. The van der Waals surface area contributed by atoms with Crippen LogP contribution in [0.25, 0.3) is 22.6 Å². The van der Waals surface area contributed by atoms with Crippen LogP contribution in [0.4, 0.5) is 14.6 Å². The minimum Gasteiger partial charge on any atom is -0.507 e. The van der Waals surface area contributed by atoms with Gasteiger partial charge in [-0.1, -0.05) is 25.8 Å². The van der Waals surface area contributed by atoms with Crippen LogP contribution in [0, 0.1) is 17.2 Å². The zero-order chi connectivity index (χ0) is 24.9. The minimum absolute atomic E-state index is 0.155. The smallest absolute Gasteiger partial charge is 0.348 e. The summed E-state index contributed by atoms with van der Waals surface area (Å²) in [4.78, 5) is 21.7. The molecule has 0 radical (unpaired) electrons. The van der Waals surface area contributed by atoms with Crippen LogP contribution in [0.2, 0.25) is 0 Å². The van der Waals surface area contributed by atoms with Crippen molar-refractivity contribution < 1.29 is 13.9 Å². The molecule has 1 aromatic carbocycles. The van der Waals surface area contributed by atoms with Crippen molar-refractivity contribution in [3.63, 3.8) is 0 Å². The molecule has 2 fully saturated rings. The third kappa shape index (κ3) is 4.15. The SMILES string of the molecule is CN(c1cnc(-c2ccc(-c3nc(=O)n(C)cc3F)cc2O)nn1)[C@@H]1C[C@H]2CCC[C@](C)(C2)[C@@H]1F. The van der Waals surface area contributed by atoms with E-state index in [1.54, 1.807) is 0 Å². The molecule has 35 heavy (non-hydrogen) atoms. The van der Waals surface area contributed by atoms with Crippen molar-refractivity contribution in [3.8, 4) is 28.4 Å². The van der Waals surface area contributed by atoms with Gasteiger partial charge in [-0.3, -0.25) is 4.57 Å². The molecule has 2 heterocycles. The number of hydrogen-bond acceptors (Lipinski definition) is 7. The Hall–Kier alpha value is -3.43. The molecule has 8 nitrogen and oxygen atoms in total. The first-order valence-electron chi connectivity index (χ1n) is 11.8. The quantitative estimate of drug-likeness (QED) is 0.603. The highest BCUT2D eigenvalue weighted by Gasteiger charge is 2.49. The number of benzene rings is 1. The number of anilines is 1. The van der Waals surface area contributed by atoms with E-state index in [-0.39, 0.29) is 34.3 Å². The van der Waals surface area contributed by atoms with Gasteiger partial charge < -0.3 is 10.0 Å². The van der Waals surface area contributed by atoms with Crippen molar-refractivity contribution in [1.29, 1.82) is 0 Å². The molecule has 0 amide bonds.